The van der Waals surface area contributed by atoms with Gasteiger partial charge in [-0.3, -0.25) is 4.99 Å². The van der Waals surface area contributed by atoms with E-state index >= 15 is 0 Å². The average Bonchev–Trinajstić information content (AvgIpc) is 2.40. The third kappa shape index (κ3) is 3.22. The Balaban J connectivity index is 0.00000133. The van der Waals surface area contributed by atoms with E-state index in [-0.39, 0.29) is 24.0 Å². The van der Waals surface area contributed by atoms with Crippen molar-refractivity contribution in [2.45, 2.75) is 31.6 Å². The average molecular weight is 371 g/mol. The Bertz CT molecular complexity index is 452. The maximum Gasteiger partial charge on any atom is 0.191 e. The summed E-state index contributed by atoms with van der Waals surface area (Å²) in [6, 6.07) is 8.66. The smallest absolute Gasteiger partial charge is 0.191 e. The number of halogens is 1. The molecule has 1 fully saturated rings. The molecule has 1 heterocycles. The first-order valence-corrected chi connectivity index (χ1v) is 6.97. The lowest BCUT2D eigenvalue weighted by Gasteiger charge is -2.30. The van der Waals surface area contributed by atoms with E-state index in [9.17, 15) is 0 Å². The van der Waals surface area contributed by atoms with Crippen molar-refractivity contribution in [1.29, 1.82) is 0 Å². The van der Waals surface area contributed by atoms with Gasteiger partial charge in [-0.1, -0.05) is 24.3 Å². The molecule has 4 heteroatoms. The van der Waals surface area contributed by atoms with Crippen LogP contribution in [0, 0.1) is 0 Å². The number of guanidine groups is 1. The number of aliphatic imine (C=N–C) groups is 1. The minimum atomic E-state index is 0. The van der Waals surface area contributed by atoms with Gasteiger partial charge in [0, 0.05) is 25.6 Å². The van der Waals surface area contributed by atoms with Crippen LogP contribution in [0.1, 0.15) is 36.3 Å². The van der Waals surface area contributed by atoms with E-state index in [0.717, 1.165) is 32.0 Å². The van der Waals surface area contributed by atoms with Crippen molar-refractivity contribution in [3.63, 3.8) is 0 Å². The molecule has 1 saturated heterocycles. The highest BCUT2D eigenvalue weighted by Crippen LogP contribution is 2.34. The van der Waals surface area contributed by atoms with Crippen LogP contribution in [0.3, 0.4) is 0 Å². The number of hydrogen-bond donors (Lipinski definition) is 1. The van der Waals surface area contributed by atoms with E-state index in [2.05, 4.69) is 34.2 Å². The topological polar surface area (TPSA) is 41.6 Å². The molecule has 1 aliphatic carbocycles. The van der Waals surface area contributed by atoms with Crippen molar-refractivity contribution in [2.75, 3.05) is 19.6 Å². The Hall–Kier alpha value is -0.780. The van der Waals surface area contributed by atoms with Crippen molar-refractivity contribution in [3.05, 3.63) is 35.4 Å². The maximum atomic E-state index is 6.07. The van der Waals surface area contributed by atoms with Crippen LogP contribution in [0.2, 0.25) is 0 Å². The van der Waals surface area contributed by atoms with Crippen LogP contribution in [0.15, 0.2) is 29.3 Å². The van der Waals surface area contributed by atoms with E-state index in [0.29, 0.717) is 5.92 Å². The predicted molar refractivity (Wildman–Crippen MR) is 90.2 cm³/mol. The number of nitrogens with zero attached hydrogens (tertiary/aromatic N) is 2. The molecule has 3 nitrogen and oxygen atoms in total. The second-order valence-corrected chi connectivity index (χ2v) is 5.35. The van der Waals surface area contributed by atoms with Crippen molar-refractivity contribution in [3.8, 4) is 0 Å². The van der Waals surface area contributed by atoms with Gasteiger partial charge < -0.3 is 10.6 Å². The van der Waals surface area contributed by atoms with E-state index in [1.54, 1.807) is 0 Å². The number of nitrogens with two attached hydrogens (primary N) is 1. The number of piperidine rings is 1. The van der Waals surface area contributed by atoms with Gasteiger partial charge in [0.1, 0.15) is 0 Å². The molecule has 1 unspecified atom stereocenters. The van der Waals surface area contributed by atoms with Gasteiger partial charge in [-0.2, -0.15) is 0 Å². The molecule has 1 aromatic carbocycles. The van der Waals surface area contributed by atoms with Gasteiger partial charge in [0.15, 0.2) is 5.96 Å². The largest absolute Gasteiger partial charge is 0.370 e. The van der Waals surface area contributed by atoms with E-state index in [1.165, 1.54) is 30.4 Å². The normalized spacial score (nSPS) is 22.2. The molecule has 3 rings (SSSR count). The summed E-state index contributed by atoms with van der Waals surface area (Å²) in [5, 5.41) is 0. The van der Waals surface area contributed by atoms with Gasteiger partial charge in [-0.25, -0.2) is 0 Å². The van der Waals surface area contributed by atoms with Crippen molar-refractivity contribution >= 4 is 29.9 Å². The summed E-state index contributed by atoms with van der Waals surface area (Å²) in [7, 11) is 0. The van der Waals surface area contributed by atoms with E-state index < -0.39 is 0 Å². The standard InChI is InChI=1S/C15H21N3.HI/c16-15(18-8-4-1-5-9-18)17-11-13-10-12-6-2-3-7-14(12)13;/h2-3,6-7,13H,1,4-5,8-11H2,(H2,16,17);1H. The molecule has 0 radical (unpaired) electrons. The minimum absolute atomic E-state index is 0. The molecule has 1 aromatic rings. The summed E-state index contributed by atoms with van der Waals surface area (Å²) in [5.74, 6) is 1.34. The van der Waals surface area contributed by atoms with Crippen molar-refractivity contribution in [2.24, 2.45) is 10.7 Å². The molecule has 0 amide bonds. The van der Waals surface area contributed by atoms with Crippen LogP contribution in [0.25, 0.3) is 0 Å². The van der Waals surface area contributed by atoms with Crippen LogP contribution in [-0.4, -0.2) is 30.5 Å². The first-order chi connectivity index (χ1) is 8.84. The lowest BCUT2D eigenvalue weighted by atomic mass is 9.78. The SMILES string of the molecule is I.NC(=NCC1Cc2ccccc21)N1CCCCC1. The molecule has 1 atom stereocenters. The molecule has 104 valence electrons. The van der Waals surface area contributed by atoms with Gasteiger partial charge in [0.2, 0.25) is 0 Å². The number of hydrogen-bond acceptors (Lipinski definition) is 1. The monoisotopic (exact) mass is 371 g/mol. The summed E-state index contributed by atoms with van der Waals surface area (Å²) >= 11 is 0. The van der Waals surface area contributed by atoms with Crippen LogP contribution >= 0.6 is 24.0 Å². The summed E-state index contributed by atoms with van der Waals surface area (Å²) in [4.78, 5) is 6.82. The highest BCUT2D eigenvalue weighted by atomic mass is 127. The van der Waals surface area contributed by atoms with Crippen LogP contribution in [0.5, 0.6) is 0 Å². The Morgan fingerprint density at radius 2 is 1.95 bits per heavy atom. The Kier molecular flexibility index (Phi) is 5.07. The summed E-state index contributed by atoms with van der Waals surface area (Å²) in [6.07, 6.45) is 5.00. The second kappa shape index (κ2) is 6.59. The summed E-state index contributed by atoms with van der Waals surface area (Å²) in [6.45, 7) is 3.01. The number of benzene rings is 1. The number of fused-ring (bicyclic) bond motifs is 1. The third-order valence-corrected chi connectivity index (χ3v) is 4.11. The minimum Gasteiger partial charge on any atom is -0.370 e. The Labute approximate surface area is 132 Å². The van der Waals surface area contributed by atoms with Crippen molar-refractivity contribution < 1.29 is 0 Å². The van der Waals surface area contributed by atoms with Gasteiger partial charge in [0.05, 0.1) is 0 Å². The molecule has 19 heavy (non-hydrogen) atoms. The Morgan fingerprint density at radius 3 is 2.68 bits per heavy atom. The van der Waals surface area contributed by atoms with Gasteiger partial charge >= 0.3 is 0 Å². The highest BCUT2D eigenvalue weighted by molar-refractivity contribution is 14.0. The maximum absolute atomic E-state index is 6.07. The summed E-state index contributed by atoms with van der Waals surface area (Å²) in [5.41, 5.74) is 9.02. The van der Waals surface area contributed by atoms with Crippen LogP contribution in [-0.2, 0) is 6.42 Å². The predicted octanol–water partition coefficient (Wildman–Crippen LogP) is 2.74. The lowest BCUT2D eigenvalue weighted by molar-refractivity contribution is 0.337. The molecular formula is C15H22IN3. The fraction of sp³-hybridized carbons (Fsp3) is 0.533. The van der Waals surface area contributed by atoms with Crippen LogP contribution in [0.4, 0.5) is 0 Å². The molecule has 0 aromatic heterocycles. The molecule has 1 aliphatic heterocycles. The first-order valence-electron chi connectivity index (χ1n) is 6.97. The quantitative estimate of drug-likeness (QED) is 0.494. The fourth-order valence-corrected chi connectivity index (χ4v) is 2.95. The van der Waals surface area contributed by atoms with Gasteiger partial charge in [0.25, 0.3) is 0 Å². The number of rotatable bonds is 2. The third-order valence-electron chi connectivity index (χ3n) is 4.11. The van der Waals surface area contributed by atoms with E-state index in [1.807, 2.05) is 0 Å². The molecule has 2 aliphatic rings. The molecule has 0 bridgehead atoms. The highest BCUT2D eigenvalue weighted by Gasteiger charge is 2.25. The summed E-state index contributed by atoms with van der Waals surface area (Å²) < 4.78 is 0. The zero-order valence-electron chi connectivity index (χ0n) is 11.2. The zero-order valence-corrected chi connectivity index (χ0v) is 13.5. The molecular weight excluding hydrogens is 349 g/mol. The molecule has 2 N–H and O–H groups in total. The number of likely N-dealkylation sites (tertiary alicyclic amines) is 1. The van der Waals surface area contributed by atoms with E-state index in [4.69, 9.17) is 5.73 Å². The molecule has 0 saturated carbocycles. The fourth-order valence-electron chi connectivity index (χ4n) is 2.95. The Morgan fingerprint density at radius 1 is 1.21 bits per heavy atom. The zero-order chi connectivity index (χ0) is 12.4. The van der Waals surface area contributed by atoms with Gasteiger partial charge in [-0.15, -0.1) is 24.0 Å². The second-order valence-electron chi connectivity index (χ2n) is 5.35. The van der Waals surface area contributed by atoms with Crippen molar-refractivity contribution in [1.82, 2.24) is 4.90 Å². The molecule has 0 spiro atoms. The first kappa shape index (κ1) is 14.6. The van der Waals surface area contributed by atoms with Crippen LogP contribution < -0.4 is 5.73 Å². The van der Waals surface area contributed by atoms with Gasteiger partial charge in [-0.05, 0) is 36.8 Å². The lowest BCUT2D eigenvalue weighted by Crippen LogP contribution is -2.41.